The summed E-state index contributed by atoms with van der Waals surface area (Å²) in [6, 6.07) is 10.9. The summed E-state index contributed by atoms with van der Waals surface area (Å²) in [5.41, 5.74) is 1.11. The largest absolute Gasteiger partial charge is 0.393 e. The minimum atomic E-state index is -0.275. The van der Waals surface area contributed by atoms with Gasteiger partial charge in [0.15, 0.2) is 0 Å². The first-order chi connectivity index (χ1) is 17.0. The highest BCUT2D eigenvalue weighted by molar-refractivity contribution is 5.83. The molecule has 3 unspecified atom stereocenters. The van der Waals surface area contributed by atoms with Gasteiger partial charge in [-0.25, -0.2) is 4.79 Å². The Balaban J connectivity index is 1.01. The molecule has 6 nitrogen and oxygen atoms in total. The third-order valence-electron chi connectivity index (χ3n) is 9.98. The maximum Gasteiger partial charge on any atom is 0.320 e. The zero-order valence-corrected chi connectivity index (χ0v) is 20.9. The van der Waals surface area contributed by atoms with E-state index in [0.717, 1.165) is 83.8 Å². The van der Waals surface area contributed by atoms with Crippen molar-refractivity contribution in [2.75, 3.05) is 26.2 Å². The highest BCUT2D eigenvalue weighted by Gasteiger charge is 2.58. The molecule has 4 aliphatic carbocycles. The predicted molar refractivity (Wildman–Crippen MR) is 135 cm³/mol. The van der Waals surface area contributed by atoms with Gasteiger partial charge >= 0.3 is 6.03 Å². The van der Waals surface area contributed by atoms with Crippen molar-refractivity contribution in [3.8, 4) is 0 Å². The van der Waals surface area contributed by atoms with Crippen LogP contribution in [0.15, 0.2) is 30.3 Å². The summed E-state index contributed by atoms with van der Waals surface area (Å²) in [4.78, 5) is 30.9. The molecule has 2 N–H and O–H groups in total. The third kappa shape index (κ3) is 4.59. The number of aliphatic hydroxyl groups is 1. The Hall–Kier alpha value is -2.08. The molecule has 0 radical (unpaired) electrons. The minimum absolute atomic E-state index is 0.0498. The van der Waals surface area contributed by atoms with E-state index >= 15 is 0 Å². The van der Waals surface area contributed by atoms with Crippen LogP contribution in [0.2, 0.25) is 0 Å². The molecule has 0 spiro atoms. The maximum atomic E-state index is 13.5. The molecule has 3 atom stereocenters. The fourth-order valence-electron chi connectivity index (χ4n) is 8.36. The highest BCUT2D eigenvalue weighted by Crippen LogP contribution is 2.60. The lowest BCUT2D eigenvalue weighted by Crippen LogP contribution is -2.61. The van der Waals surface area contributed by atoms with Gasteiger partial charge in [-0.15, -0.1) is 0 Å². The lowest BCUT2D eigenvalue weighted by atomic mass is 9.48. The van der Waals surface area contributed by atoms with Crippen LogP contribution in [0.3, 0.4) is 0 Å². The predicted octanol–water partition coefficient (Wildman–Crippen LogP) is 3.83. The number of piperidine rings is 2. The van der Waals surface area contributed by atoms with Crippen molar-refractivity contribution < 1.29 is 14.7 Å². The average molecular weight is 480 g/mol. The number of carbonyl (C=O) groups excluding carboxylic acids is 2. The lowest BCUT2D eigenvalue weighted by Gasteiger charge is -2.58. The van der Waals surface area contributed by atoms with Crippen molar-refractivity contribution in [1.82, 2.24) is 15.1 Å². The molecule has 4 bridgehead atoms. The first-order valence-corrected chi connectivity index (χ1v) is 14.1. The topological polar surface area (TPSA) is 72.9 Å². The molecule has 35 heavy (non-hydrogen) atoms. The van der Waals surface area contributed by atoms with Gasteiger partial charge in [0.1, 0.15) is 0 Å². The van der Waals surface area contributed by atoms with E-state index in [1.165, 1.54) is 5.56 Å². The smallest absolute Gasteiger partial charge is 0.320 e. The van der Waals surface area contributed by atoms with E-state index in [4.69, 9.17) is 0 Å². The van der Waals surface area contributed by atoms with Gasteiger partial charge < -0.3 is 20.2 Å². The zero-order valence-electron chi connectivity index (χ0n) is 20.9. The Morgan fingerprint density at radius 1 is 0.943 bits per heavy atom. The molecule has 2 aliphatic heterocycles. The van der Waals surface area contributed by atoms with Crippen LogP contribution in [0, 0.1) is 29.1 Å². The number of nitrogens with one attached hydrogen (secondary N) is 1. The van der Waals surface area contributed by atoms with Crippen molar-refractivity contribution in [2.45, 2.75) is 76.4 Å². The molecule has 6 heteroatoms. The molecule has 7 rings (SSSR count). The van der Waals surface area contributed by atoms with E-state index in [9.17, 15) is 14.7 Å². The summed E-state index contributed by atoms with van der Waals surface area (Å²) < 4.78 is 0. The summed E-state index contributed by atoms with van der Waals surface area (Å²) in [6.45, 7) is 3.08. The number of carbonyl (C=O) groups is 2. The molecule has 0 aromatic heterocycles. The Morgan fingerprint density at radius 2 is 1.66 bits per heavy atom. The first-order valence-electron chi connectivity index (χ1n) is 14.1. The van der Waals surface area contributed by atoms with Gasteiger partial charge in [0.05, 0.1) is 11.5 Å². The van der Waals surface area contributed by atoms with Crippen LogP contribution < -0.4 is 5.32 Å². The monoisotopic (exact) mass is 479 g/mol. The SMILES string of the molecule is O=C(N1CCC(Cc2ccccc2)CC1)N1CCCC(NC(=O)C23CC4CC(C2)C(O)C(C4)C3)C1. The van der Waals surface area contributed by atoms with Gasteiger partial charge in [-0.2, -0.15) is 0 Å². The maximum absolute atomic E-state index is 13.5. The Bertz CT molecular complexity index is 912. The van der Waals surface area contributed by atoms with Crippen LogP contribution in [0.25, 0.3) is 0 Å². The van der Waals surface area contributed by atoms with E-state index < -0.39 is 0 Å². The normalized spacial score (nSPS) is 36.9. The third-order valence-corrected chi connectivity index (χ3v) is 9.98. The standard InChI is InChI=1S/C29H41N3O3/c33-26-23-14-22-15-24(26)18-29(16-22,17-23)27(34)30-25-7-4-10-32(19-25)28(35)31-11-8-21(9-12-31)13-20-5-2-1-3-6-20/h1-3,5-6,21-26,33H,4,7-19H2,(H,30,34). The number of urea groups is 1. The van der Waals surface area contributed by atoms with Crippen LogP contribution in [0.4, 0.5) is 4.79 Å². The number of hydrogen-bond acceptors (Lipinski definition) is 3. The molecule has 3 amide bonds. The fraction of sp³-hybridized carbons (Fsp3) is 0.724. The van der Waals surface area contributed by atoms with Crippen molar-refractivity contribution in [3.05, 3.63) is 35.9 Å². The number of nitrogens with zero attached hydrogens (tertiary/aromatic N) is 2. The number of rotatable bonds is 4. The summed E-state index contributed by atoms with van der Waals surface area (Å²) in [5, 5.41) is 14.0. The molecule has 190 valence electrons. The number of likely N-dealkylation sites (tertiary alicyclic amines) is 2. The zero-order chi connectivity index (χ0) is 24.0. The minimum Gasteiger partial charge on any atom is -0.393 e. The van der Waals surface area contributed by atoms with E-state index in [0.29, 0.717) is 30.2 Å². The fourth-order valence-corrected chi connectivity index (χ4v) is 8.36. The van der Waals surface area contributed by atoms with Crippen LogP contribution in [0.1, 0.15) is 63.4 Å². The highest BCUT2D eigenvalue weighted by atomic mass is 16.3. The summed E-state index contributed by atoms with van der Waals surface area (Å²) in [7, 11) is 0. The van der Waals surface area contributed by atoms with E-state index in [-0.39, 0.29) is 29.5 Å². The number of aliphatic hydroxyl groups excluding tert-OH is 1. The molecule has 2 heterocycles. The average Bonchev–Trinajstić information content (AvgIpc) is 2.87. The first kappa shape index (κ1) is 23.3. The second kappa shape index (κ2) is 9.42. The Morgan fingerprint density at radius 3 is 2.37 bits per heavy atom. The van der Waals surface area contributed by atoms with Gasteiger partial charge in [0.2, 0.25) is 5.91 Å². The quantitative estimate of drug-likeness (QED) is 0.689. The van der Waals surface area contributed by atoms with E-state index in [2.05, 4.69) is 35.6 Å². The molecular formula is C29H41N3O3. The van der Waals surface area contributed by atoms with Crippen LogP contribution in [0.5, 0.6) is 0 Å². The molecule has 1 aromatic carbocycles. The van der Waals surface area contributed by atoms with Gasteiger partial charge in [0, 0.05) is 32.2 Å². The second-order valence-electron chi connectivity index (χ2n) is 12.4. The van der Waals surface area contributed by atoms with Gasteiger partial charge in [-0.1, -0.05) is 30.3 Å². The summed E-state index contributed by atoms with van der Waals surface area (Å²) in [6.07, 6.45) is 9.80. The van der Waals surface area contributed by atoms with Gasteiger partial charge in [-0.3, -0.25) is 4.79 Å². The summed E-state index contributed by atoms with van der Waals surface area (Å²) in [5.74, 6) is 2.07. The molecule has 2 saturated heterocycles. The van der Waals surface area contributed by atoms with Crippen molar-refractivity contribution in [2.24, 2.45) is 29.1 Å². The molecule has 4 saturated carbocycles. The van der Waals surface area contributed by atoms with Gasteiger partial charge in [-0.05, 0) is 93.4 Å². The van der Waals surface area contributed by atoms with Crippen molar-refractivity contribution >= 4 is 11.9 Å². The molecule has 1 aromatic rings. The van der Waals surface area contributed by atoms with Crippen molar-refractivity contribution in [3.63, 3.8) is 0 Å². The molecule has 6 fully saturated rings. The second-order valence-corrected chi connectivity index (χ2v) is 12.4. The van der Waals surface area contributed by atoms with E-state index in [1.807, 2.05) is 9.80 Å². The Kier molecular flexibility index (Phi) is 6.28. The van der Waals surface area contributed by atoms with E-state index in [1.54, 1.807) is 0 Å². The number of hydrogen-bond donors (Lipinski definition) is 2. The number of benzene rings is 1. The van der Waals surface area contributed by atoms with Crippen molar-refractivity contribution in [1.29, 1.82) is 0 Å². The molecule has 6 aliphatic rings. The van der Waals surface area contributed by atoms with Crippen LogP contribution in [-0.4, -0.2) is 65.2 Å². The Labute approximate surface area is 209 Å². The van der Waals surface area contributed by atoms with Gasteiger partial charge in [0.25, 0.3) is 0 Å². The summed E-state index contributed by atoms with van der Waals surface area (Å²) >= 11 is 0. The lowest BCUT2D eigenvalue weighted by molar-refractivity contribution is -0.163. The van der Waals surface area contributed by atoms with Crippen LogP contribution >= 0.6 is 0 Å². The van der Waals surface area contributed by atoms with Crippen LogP contribution in [-0.2, 0) is 11.2 Å². The number of amides is 3. The molecular weight excluding hydrogens is 438 g/mol.